The fourth-order valence-electron chi connectivity index (χ4n) is 4.64. The molecule has 0 saturated carbocycles. The highest BCUT2D eigenvalue weighted by atomic mass is 35.5. The van der Waals surface area contributed by atoms with Gasteiger partial charge in [0.05, 0.1) is 17.6 Å². The molecule has 0 bridgehead atoms. The number of aromatic nitrogens is 7. The molecule has 0 radical (unpaired) electrons. The van der Waals surface area contributed by atoms with Gasteiger partial charge in [0.2, 0.25) is 5.69 Å². The Morgan fingerprint density at radius 1 is 0.974 bits per heavy atom. The molecule has 0 aliphatic rings. The second-order valence-electron chi connectivity index (χ2n) is 9.02. The topological polar surface area (TPSA) is 99.2 Å². The van der Waals surface area contributed by atoms with Crippen molar-refractivity contribution in [2.75, 3.05) is 0 Å². The SMILES string of the molecule is [O-][n+]1cc(-c2cc(Cl)ccc2-n2cnnn2)ccc1C(Cc1ccccc1)c1ncc(-c2cccc(F)c2)[nH]1. The third kappa shape index (κ3) is 5.12. The Hall–Kier alpha value is -4.89. The molecule has 3 heterocycles. The summed E-state index contributed by atoms with van der Waals surface area (Å²) in [6.45, 7) is 0. The first-order valence-corrected chi connectivity index (χ1v) is 12.5. The maximum atomic E-state index is 13.8. The molecule has 3 aromatic heterocycles. The van der Waals surface area contributed by atoms with Crippen molar-refractivity contribution in [2.24, 2.45) is 0 Å². The summed E-state index contributed by atoms with van der Waals surface area (Å²) in [7, 11) is 0. The Bertz CT molecular complexity index is 1740. The predicted molar refractivity (Wildman–Crippen MR) is 145 cm³/mol. The molecule has 6 aromatic rings. The van der Waals surface area contributed by atoms with Gasteiger partial charge in [0.15, 0.2) is 6.20 Å². The van der Waals surface area contributed by atoms with Crippen molar-refractivity contribution in [3.05, 3.63) is 137 Å². The number of aromatic amines is 1. The number of nitrogens with zero attached hydrogens (tertiary/aromatic N) is 6. The van der Waals surface area contributed by atoms with Crippen LogP contribution < -0.4 is 4.73 Å². The highest BCUT2D eigenvalue weighted by molar-refractivity contribution is 6.31. The summed E-state index contributed by atoms with van der Waals surface area (Å²) in [4.78, 5) is 7.91. The zero-order valence-corrected chi connectivity index (χ0v) is 21.2. The second kappa shape index (κ2) is 10.5. The van der Waals surface area contributed by atoms with E-state index in [1.807, 2.05) is 42.5 Å². The van der Waals surface area contributed by atoms with Crippen LogP contribution in [0.15, 0.2) is 104 Å². The van der Waals surface area contributed by atoms with Gasteiger partial charge in [0, 0.05) is 27.8 Å². The molecule has 0 saturated heterocycles. The van der Waals surface area contributed by atoms with Gasteiger partial charge in [0.25, 0.3) is 0 Å². The zero-order chi connectivity index (χ0) is 26.8. The molecule has 0 aliphatic carbocycles. The normalized spacial score (nSPS) is 11.9. The molecule has 6 rings (SSSR count). The van der Waals surface area contributed by atoms with Crippen molar-refractivity contribution in [2.45, 2.75) is 12.3 Å². The van der Waals surface area contributed by atoms with Gasteiger partial charge in [-0.1, -0.05) is 54.1 Å². The van der Waals surface area contributed by atoms with Gasteiger partial charge in [-0.3, -0.25) is 0 Å². The summed E-state index contributed by atoms with van der Waals surface area (Å²) < 4.78 is 16.2. The molecule has 1 N–H and O–H groups in total. The number of benzene rings is 3. The van der Waals surface area contributed by atoms with E-state index < -0.39 is 0 Å². The van der Waals surface area contributed by atoms with Gasteiger partial charge in [-0.25, -0.2) is 9.37 Å². The van der Waals surface area contributed by atoms with E-state index >= 15 is 0 Å². The summed E-state index contributed by atoms with van der Waals surface area (Å²) in [6.07, 6.45) is 5.19. The number of imidazole rings is 1. The number of hydrogen-bond acceptors (Lipinski definition) is 5. The molecule has 1 unspecified atom stereocenters. The molecule has 1 atom stereocenters. The van der Waals surface area contributed by atoms with Crippen molar-refractivity contribution < 1.29 is 9.12 Å². The van der Waals surface area contributed by atoms with Gasteiger partial charge in [0.1, 0.15) is 23.9 Å². The van der Waals surface area contributed by atoms with E-state index in [0.717, 1.165) is 10.3 Å². The number of H-pyrrole nitrogens is 1. The maximum Gasteiger partial charge on any atom is 0.203 e. The number of nitrogens with one attached hydrogen (secondary N) is 1. The first-order valence-electron chi connectivity index (χ1n) is 12.2. The summed E-state index contributed by atoms with van der Waals surface area (Å²) in [5.41, 5.74) is 4.94. The van der Waals surface area contributed by atoms with E-state index in [1.54, 1.807) is 36.5 Å². The summed E-state index contributed by atoms with van der Waals surface area (Å²) >= 11 is 6.30. The van der Waals surface area contributed by atoms with Crippen LogP contribution in [-0.2, 0) is 6.42 Å². The van der Waals surface area contributed by atoms with Crippen LogP contribution in [0.25, 0.3) is 28.1 Å². The molecule has 39 heavy (non-hydrogen) atoms. The smallest absolute Gasteiger partial charge is 0.203 e. The Labute approximate surface area is 228 Å². The van der Waals surface area contributed by atoms with Crippen LogP contribution in [0.1, 0.15) is 23.0 Å². The molecule has 192 valence electrons. The lowest BCUT2D eigenvalue weighted by molar-refractivity contribution is -0.614. The predicted octanol–water partition coefficient (Wildman–Crippen LogP) is 5.52. The van der Waals surface area contributed by atoms with Gasteiger partial charge in [-0.05, 0) is 58.8 Å². The van der Waals surface area contributed by atoms with Crippen LogP contribution in [0, 0.1) is 11.0 Å². The van der Waals surface area contributed by atoms with E-state index in [-0.39, 0.29) is 11.7 Å². The van der Waals surface area contributed by atoms with Crippen LogP contribution in [0.2, 0.25) is 5.02 Å². The van der Waals surface area contributed by atoms with E-state index in [2.05, 4.69) is 25.5 Å². The quantitative estimate of drug-likeness (QED) is 0.213. The molecule has 3 aromatic carbocycles. The van der Waals surface area contributed by atoms with Crippen molar-refractivity contribution in [1.29, 1.82) is 0 Å². The number of tetrazole rings is 1. The zero-order valence-electron chi connectivity index (χ0n) is 20.4. The number of halogens is 2. The Morgan fingerprint density at radius 3 is 2.62 bits per heavy atom. The largest absolute Gasteiger partial charge is 0.618 e. The monoisotopic (exact) mass is 537 g/mol. The average Bonchev–Trinajstić information content (AvgIpc) is 3.66. The lowest BCUT2D eigenvalue weighted by Gasteiger charge is -2.16. The van der Waals surface area contributed by atoms with E-state index in [0.29, 0.717) is 51.0 Å². The molecule has 0 spiro atoms. The number of rotatable bonds is 7. The second-order valence-corrected chi connectivity index (χ2v) is 9.46. The van der Waals surface area contributed by atoms with E-state index in [4.69, 9.17) is 11.6 Å². The first kappa shape index (κ1) is 24.4. The minimum Gasteiger partial charge on any atom is -0.618 e. The molecular formula is C29H21ClFN7O. The van der Waals surface area contributed by atoms with Crippen LogP contribution >= 0.6 is 11.6 Å². The Balaban J connectivity index is 1.41. The van der Waals surface area contributed by atoms with Crippen molar-refractivity contribution in [3.8, 4) is 28.1 Å². The van der Waals surface area contributed by atoms with Crippen molar-refractivity contribution in [1.82, 2.24) is 30.2 Å². The Morgan fingerprint density at radius 2 is 1.85 bits per heavy atom. The summed E-state index contributed by atoms with van der Waals surface area (Å²) in [6, 6.07) is 25.2. The molecule has 0 amide bonds. The van der Waals surface area contributed by atoms with Crippen molar-refractivity contribution in [3.63, 3.8) is 0 Å². The lowest BCUT2D eigenvalue weighted by Crippen LogP contribution is -2.34. The molecule has 8 nitrogen and oxygen atoms in total. The van der Waals surface area contributed by atoms with Crippen LogP contribution in [0.5, 0.6) is 0 Å². The summed E-state index contributed by atoms with van der Waals surface area (Å²) in [5, 5.41) is 25.5. The average molecular weight is 538 g/mol. The van der Waals surface area contributed by atoms with Gasteiger partial charge < -0.3 is 10.2 Å². The molecule has 0 fully saturated rings. The van der Waals surface area contributed by atoms with Crippen LogP contribution in [-0.4, -0.2) is 30.2 Å². The third-order valence-corrected chi connectivity index (χ3v) is 6.75. The van der Waals surface area contributed by atoms with E-state index in [9.17, 15) is 9.60 Å². The maximum absolute atomic E-state index is 13.8. The van der Waals surface area contributed by atoms with Crippen LogP contribution in [0.3, 0.4) is 0 Å². The first-order chi connectivity index (χ1) is 19.0. The number of hydrogen-bond donors (Lipinski definition) is 1. The fraction of sp³-hybridized carbons (Fsp3) is 0.0690. The van der Waals surface area contributed by atoms with Crippen molar-refractivity contribution >= 4 is 11.6 Å². The standard InChI is InChI=1S/C29H21ClFN7O/c30-22-10-12-27(37-18-33-35-36-37)24(15-22)21-9-11-28(38(39)17-21)25(13-19-5-2-1-3-6-19)29-32-16-26(34-29)20-7-4-8-23(31)14-20/h1-12,14-18,25H,13H2,(H,32,34). The molecule has 10 heteroatoms. The van der Waals surface area contributed by atoms with Gasteiger partial charge in [-0.15, -0.1) is 5.10 Å². The van der Waals surface area contributed by atoms with E-state index in [1.165, 1.54) is 29.3 Å². The molecule has 0 aliphatic heterocycles. The highest BCUT2D eigenvalue weighted by Gasteiger charge is 2.26. The third-order valence-electron chi connectivity index (χ3n) is 6.51. The molecular weight excluding hydrogens is 517 g/mol. The fourth-order valence-corrected chi connectivity index (χ4v) is 4.81. The summed E-state index contributed by atoms with van der Waals surface area (Å²) in [5.74, 6) is -0.119. The van der Waals surface area contributed by atoms with Gasteiger partial charge in [-0.2, -0.15) is 9.41 Å². The van der Waals surface area contributed by atoms with Gasteiger partial charge >= 0.3 is 0 Å². The minimum atomic E-state index is -0.389. The minimum absolute atomic E-state index is 0.334. The Kier molecular flexibility index (Phi) is 6.56. The van der Waals surface area contributed by atoms with Crippen LogP contribution in [0.4, 0.5) is 4.39 Å². The number of pyridine rings is 1. The highest BCUT2D eigenvalue weighted by Crippen LogP contribution is 2.31. The lowest BCUT2D eigenvalue weighted by atomic mass is 9.94.